The van der Waals surface area contributed by atoms with E-state index >= 15 is 0 Å². The van der Waals surface area contributed by atoms with E-state index in [9.17, 15) is 9.59 Å². The first-order valence-corrected chi connectivity index (χ1v) is 5.80. The molecule has 0 radical (unpaired) electrons. The first-order valence-electron chi connectivity index (χ1n) is 5.80. The van der Waals surface area contributed by atoms with Crippen LogP contribution in [-0.2, 0) is 14.3 Å². The van der Waals surface area contributed by atoms with E-state index in [4.69, 9.17) is 27.0 Å². The Kier molecular flexibility index (Phi) is 5.76. The molecule has 0 aromatic carbocycles. The molecule has 0 saturated carbocycles. The number of nitrogens with zero attached hydrogens (tertiary/aromatic N) is 1. The van der Waals surface area contributed by atoms with Gasteiger partial charge in [-0.15, -0.1) is 0 Å². The number of carboxylic acid groups (broad SMARTS) is 1. The summed E-state index contributed by atoms with van der Waals surface area (Å²) in [5.74, 6) is -2.51. The molecule has 7 N–H and O–H groups in total. The summed E-state index contributed by atoms with van der Waals surface area (Å²) >= 11 is 0. The van der Waals surface area contributed by atoms with E-state index in [1.807, 2.05) is 0 Å². The number of hydrogen-bond donors (Lipinski definition) is 4. The maximum Gasteiger partial charge on any atom is 0.338 e. The Balaban J connectivity index is 4.72. The predicted molar refractivity (Wildman–Crippen MR) is 70.3 cm³/mol. The molecule has 0 aliphatic heterocycles. The van der Waals surface area contributed by atoms with E-state index in [1.54, 1.807) is 20.8 Å². The summed E-state index contributed by atoms with van der Waals surface area (Å²) in [6, 6.07) is 0. The van der Waals surface area contributed by atoms with E-state index in [-0.39, 0.29) is 25.3 Å². The van der Waals surface area contributed by atoms with E-state index < -0.39 is 23.1 Å². The molecule has 0 amide bonds. The minimum absolute atomic E-state index is 0.102. The van der Waals surface area contributed by atoms with Gasteiger partial charge in [0, 0.05) is 6.54 Å². The number of ether oxygens (including phenoxy) is 1. The SMILES string of the molecule is CC(C)(C)OC(=O)C(N)(CCCN=C(N)N)C(=O)O. The van der Waals surface area contributed by atoms with Gasteiger partial charge in [0.2, 0.25) is 5.54 Å². The van der Waals surface area contributed by atoms with Gasteiger partial charge in [0.15, 0.2) is 5.96 Å². The normalized spacial score (nSPS) is 14.3. The fraction of sp³-hybridized carbons (Fsp3) is 0.727. The largest absolute Gasteiger partial charge is 0.479 e. The smallest absolute Gasteiger partial charge is 0.338 e. The highest BCUT2D eigenvalue weighted by Crippen LogP contribution is 2.17. The van der Waals surface area contributed by atoms with Crippen molar-refractivity contribution < 1.29 is 19.4 Å². The Morgan fingerprint density at radius 3 is 2.16 bits per heavy atom. The molecule has 0 saturated heterocycles. The van der Waals surface area contributed by atoms with Crippen molar-refractivity contribution in [2.75, 3.05) is 6.54 Å². The number of carbonyl (C=O) groups excluding carboxylic acids is 1. The van der Waals surface area contributed by atoms with Crippen LogP contribution in [0.4, 0.5) is 0 Å². The maximum atomic E-state index is 11.8. The average Bonchev–Trinajstić information content (AvgIpc) is 2.20. The number of carboxylic acids is 1. The lowest BCUT2D eigenvalue weighted by Gasteiger charge is -2.27. The fourth-order valence-corrected chi connectivity index (χ4v) is 1.23. The highest BCUT2D eigenvalue weighted by molar-refractivity contribution is 6.03. The standard InChI is InChI=1S/C11H22N4O4/c1-10(2,3)19-8(18)11(14,7(16)17)5-4-6-15-9(12)13/h4-6,14H2,1-3H3,(H,16,17)(H4,12,13,15). The van der Waals surface area contributed by atoms with Crippen LogP contribution in [0.25, 0.3) is 0 Å². The van der Waals surface area contributed by atoms with Crippen LogP contribution in [0, 0.1) is 0 Å². The van der Waals surface area contributed by atoms with Crippen molar-refractivity contribution in [3.05, 3.63) is 0 Å². The number of hydrogen-bond acceptors (Lipinski definition) is 5. The molecule has 0 aliphatic rings. The minimum atomic E-state index is -2.09. The van der Waals surface area contributed by atoms with Gasteiger partial charge in [-0.3, -0.25) is 4.99 Å². The molecule has 0 spiro atoms. The number of aliphatic carboxylic acids is 1. The molecule has 19 heavy (non-hydrogen) atoms. The van der Waals surface area contributed by atoms with Crippen molar-refractivity contribution in [1.29, 1.82) is 0 Å². The summed E-state index contributed by atoms with van der Waals surface area (Å²) in [5, 5.41) is 9.10. The van der Waals surface area contributed by atoms with Crippen molar-refractivity contribution in [3.8, 4) is 0 Å². The zero-order valence-electron chi connectivity index (χ0n) is 11.5. The molecule has 110 valence electrons. The van der Waals surface area contributed by atoms with Crippen LogP contribution in [0.15, 0.2) is 4.99 Å². The van der Waals surface area contributed by atoms with E-state index in [0.29, 0.717) is 0 Å². The maximum absolute atomic E-state index is 11.8. The molecule has 0 aromatic rings. The highest BCUT2D eigenvalue weighted by atomic mass is 16.6. The summed E-state index contributed by atoms with van der Waals surface area (Å²) < 4.78 is 5.01. The van der Waals surface area contributed by atoms with Crippen molar-refractivity contribution in [1.82, 2.24) is 0 Å². The molecule has 0 aromatic heterocycles. The minimum Gasteiger partial charge on any atom is -0.479 e. The molecule has 1 atom stereocenters. The van der Waals surface area contributed by atoms with Crippen molar-refractivity contribution >= 4 is 17.9 Å². The van der Waals surface area contributed by atoms with Crippen molar-refractivity contribution in [2.24, 2.45) is 22.2 Å². The number of rotatable bonds is 6. The Hall–Kier alpha value is -1.83. The lowest BCUT2D eigenvalue weighted by atomic mass is 9.94. The second kappa shape index (κ2) is 6.37. The molecule has 0 bridgehead atoms. The van der Waals surface area contributed by atoms with Gasteiger partial charge in [-0.1, -0.05) is 0 Å². The van der Waals surface area contributed by atoms with Crippen LogP contribution in [0.5, 0.6) is 0 Å². The molecule has 1 unspecified atom stereocenters. The number of esters is 1. The zero-order valence-corrected chi connectivity index (χ0v) is 11.5. The number of carbonyl (C=O) groups is 2. The molecular weight excluding hydrogens is 252 g/mol. The molecule has 0 aliphatic carbocycles. The van der Waals surface area contributed by atoms with Crippen LogP contribution < -0.4 is 17.2 Å². The Morgan fingerprint density at radius 2 is 1.79 bits per heavy atom. The third kappa shape index (κ3) is 6.05. The zero-order chi connectivity index (χ0) is 15.3. The monoisotopic (exact) mass is 274 g/mol. The quantitative estimate of drug-likeness (QED) is 0.162. The molecular formula is C11H22N4O4. The Bertz CT molecular complexity index is 371. The average molecular weight is 274 g/mol. The molecule has 0 rings (SSSR count). The van der Waals surface area contributed by atoms with E-state index in [1.165, 1.54) is 0 Å². The molecule has 0 heterocycles. The third-order valence-electron chi connectivity index (χ3n) is 2.17. The van der Waals surface area contributed by atoms with Gasteiger partial charge in [0.1, 0.15) is 5.60 Å². The van der Waals surface area contributed by atoms with Gasteiger partial charge < -0.3 is 27.0 Å². The van der Waals surface area contributed by atoms with Crippen LogP contribution in [0.1, 0.15) is 33.6 Å². The summed E-state index contributed by atoms with van der Waals surface area (Å²) in [5.41, 5.74) is 13.0. The molecule has 8 nitrogen and oxygen atoms in total. The summed E-state index contributed by atoms with van der Waals surface area (Å²) in [6.07, 6.45) is 0.133. The Labute approximate surface area is 112 Å². The van der Waals surface area contributed by atoms with Gasteiger partial charge in [-0.25, -0.2) is 9.59 Å². The van der Waals surface area contributed by atoms with Crippen LogP contribution >= 0.6 is 0 Å². The first kappa shape index (κ1) is 17.2. The number of aliphatic imine (C=N–C) groups is 1. The van der Waals surface area contributed by atoms with Crippen LogP contribution in [-0.4, -0.2) is 40.7 Å². The number of guanidine groups is 1. The second-order valence-electron chi connectivity index (χ2n) is 5.19. The highest BCUT2D eigenvalue weighted by Gasteiger charge is 2.44. The molecule has 8 heteroatoms. The lowest BCUT2D eigenvalue weighted by Crippen LogP contribution is -2.57. The summed E-state index contributed by atoms with van der Waals surface area (Å²) in [7, 11) is 0. The topological polar surface area (TPSA) is 154 Å². The van der Waals surface area contributed by atoms with Crippen LogP contribution in [0.2, 0.25) is 0 Å². The first-order chi connectivity index (χ1) is 8.49. The van der Waals surface area contributed by atoms with Gasteiger partial charge in [0.05, 0.1) is 0 Å². The third-order valence-corrected chi connectivity index (χ3v) is 2.17. The predicted octanol–water partition coefficient (Wildman–Crippen LogP) is -0.836. The van der Waals surface area contributed by atoms with Crippen molar-refractivity contribution in [2.45, 2.75) is 44.8 Å². The lowest BCUT2D eigenvalue weighted by molar-refractivity contribution is -0.169. The van der Waals surface area contributed by atoms with Gasteiger partial charge in [-0.05, 0) is 33.6 Å². The number of nitrogens with two attached hydrogens (primary N) is 3. The summed E-state index contributed by atoms with van der Waals surface area (Å²) in [4.78, 5) is 26.7. The van der Waals surface area contributed by atoms with Crippen LogP contribution in [0.3, 0.4) is 0 Å². The van der Waals surface area contributed by atoms with Crippen molar-refractivity contribution in [3.63, 3.8) is 0 Å². The summed E-state index contributed by atoms with van der Waals surface area (Å²) in [6.45, 7) is 5.09. The van der Waals surface area contributed by atoms with E-state index in [2.05, 4.69) is 4.99 Å². The fourth-order valence-electron chi connectivity index (χ4n) is 1.23. The van der Waals surface area contributed by atoms with Gasteiger partial charge in [-0.2, -0.15) is 0 Å². The van der Waals surface area contributed by atoms with Gasteiger partial charge >= 0.3 is 11.9 Å². The molecule has 0 fully saturated rings. The van der Waals surface area contributed by atoms with E-state index in [0.717, 1.165) is 0 Å². The Morgan fingerprint density at radius 1 is 1.26 bits per heavy atom. The van der Waals surface area contributed by atoms with Gasteiger partial charge in [0.25, 0.3) is 0 Å². The second-order valence-corrected chi connectivity index (χ2v) is 5.19.